The summed E-state index contributed by atoms with van der Waals surface area (Å²) < 4.78 is 1.83. The van der Waals surface area contributed by atoms with Gasteiger partial charge in [-0.05, 0) is 25.1 Å². The summed E-state index contributed by atoms with van der Waals surface area (Å²) >= 11 is 0. The van der Waals surface area contributed by atoms with Crippen LogP contribution >= 0.6 is 0 Å². The van der Waals surface area contributed by atoms with Crippen LogP contribution in [0, 0.1) is 6.92 Å². The smallest absolute Gasteiger partial charge is 0.142 e. The molecule has 4 aromatic heterocycles. The number of benzene rings is 1. The van der Waals surface area contributed by atoms with Gasteiger partial charge in [-0.25, -0.2) is 9.50 Å². The van der Waals surface area contributed by atoms with E-state index in [1.807, 2.05) is 28.9 Å². The first-order chi connectivity index (χ1) is 12.3. The van der Waals surface area contributed by atoms with Crippen molar-refractivity contribution in [2.45, 2.75) is 6.92 Å². The van der Waals surface area contributed by atoms with Crippen LogP contribution in [0.4, 0.5) is 11.5 Å². The number of pyridine rings is 2. The Labute approximate surface area is 143 Å². The molecule has 0 saturated heterocycles. The zero-order valence-corrected chi connectivity index (χ0v) is 13.5. The van der Waals surface area contributed by atoms with Crippen molar-refractivity contribution in [1.82, 2.24) is 24.6 Å². The number of hydrogen-bond donors (Lipinski definition) is 1. The summed E-state index contributed by atoms with van der Waals surface area (Å²) in [5.41, 5.74) is 4.82. The zero-order chi connectivity index (χ0) is 16.8. The minimum atomic E-state index is 0.764. The van der Waals surface area contributed by atoms with E-state index in [9.17, 15) is 0 Å². The van der Waals surface area contributed by atoms with E-state index in [1.54, 1.807) is 24.8 Å². The van der Waals surface area contributed by atoms with Gasteiger partial charge in [-0.3, -0.25) is 9.97 Å². The van der Waals surface area contributed by atoms with Crippen molar-refractivity contribution in [3.63, 3.8) is 0 Å². The Bertz CT molecular complexity index is 1220. The zero-order valence-electron chi connectivity index (χ0n) is 13.5. The lowest BCUT2D eigenvalue weighted by molar-refractivity contribution is 0.965. The average molecular weight is 326 g/mol. The molecule has 0 radical (unpaired) electrons. The van der Waals surface area contributed by atoms with Crippen molar-refractivity contribution in [2.24, 2.45) is 0 Å². The van der Waals surface area contributed by atoms with Crippen molar-refractivity contribution in [3.05, 3.63) is 66.9 Å². The maximum atomic E-state index is 4.81. The fourth-order valence-corrected chi connectivity index (χ4v) is 3.03. The molecule has 1 aromatic carbocycles. The van der Waals surface area contributed by atoms with E-state index in [2.05, 4.69) is 34.3 Å². The van der Waals surface area contributed by atoms with Gasteiger partial charge in [0.15, 0.2) is 0 Å². The van der Waals surface area contributed by atoms with Gasteiger partial charge in [0.25, 0.3) is 0 Å². The number of anilines is 2. The van der Waals surface area contributed by atoms with Crippen LogP contribution < -0.4 is 5.32 Å². The van der Waals surface area contributed by atoms with Crippen LogP contribution in [0.25, 0.3) is 27.3 Å². The molecular formula is C19H14N6. The molecule has 0 atom stereocenters. The topological polar surface area (TPSA) is 68.0 Å². The van der Waals surface area contributed by atoms with Crippen molar-refractivity contribution < 1.29 is 0 Å². The van der Waals surface area contributed by atoms with E-state index in [0.29, 0.717) is 0 Å². The minimum Gasteiger partial charge on any atom is -0.340 e. The third-order valence-corrected chi connectivity index (χ3v) is 4.27. The molecule has 0 unspecified atom stereocenters. The summed E-state index contributed by atoms with van der Waals surface area (Å²) in [6.07, 6.45) is 8.92. The van der Waals surface area contributed by atoms with Gasteiger partial charge in [0.1, 0.15) is 11.3 Å². The van der Waals surface area contributed by atoms with Crippen LogP contribution in [0.2, 0.25) is 0 Å². The lowest BCUT2D eigenvalue weighted by Gasteiger charge is -2.09. The fraction of sp³-hybridized carbons (Fsp3) is 0.0526. The van der Waals surface area contributed by atoms with Gasteiger partial charge in [0, 0.05) is 35.9 Å². The summed E-state index contributed by atoms with van der Waals surface area (Å²) in [5.74, 6) is 0.764. The van der Waals surface area contributed by atoms with Crippen molar-refractivity contribution in [3.8, 4) is 0 Å². The Kier molecular flexibility index (Phi) is 2.90. The molecule has 4 heterocycles. The molecule has 25 heavy (non-hydrogen) atoms. The maximum Gasteiger partial charge on any atom is 0.142 e. The number of aryl methyl sites for hydroxylation is 1. The molecule has 0 aliphatic rings. The Balaban J connectivity index is 1.84. The van der Waals surface area contributed by atoms with Crippen LogP contribution in [0.3, 0.4) is 0 Å². The Morgan fingerprint density at radius 1 is 0.960 bits per heavy atom. The lowest BCUT2D eigenvalue weighted by atomic mass is 10.1. The van der Waals surface area contributed by atoms with Gasteiger partial charge in [-0.15, -0.1) is 0 Å². The molecule has 5 aromatic rings. The number of nitrogens with one attached hydrogen (secondary N) is 1. The maximum absolute atomic E-state index is 4.81. The summed E-state index contributed by atoms with van der Waals surface area (Å²) in [6, 6.07) is 10.1. The Hall–Kier alpha value is -3.54. The number of hydrogen-bond acceptors (Lipinski definition) is 5. The molecule has 0 amide bonds. The van der Waals surface area contributed by atoms with Gasteiger partial charge in [-0.1, -0.05) is 17.7 Å². The standard InChI is InChI=1S/C19H14N6/c1-12-2-4-13(5-3-12)22-19-17-16-11-21-8-9-25(16)24-18(17)14-10-20-7-6-15(14)23-19/h2-11H,1H3,(H,22,23). The highest BCUT2D eigenvalue weighted by Gasteiger charge is 2.15. The summed E-state index contributed by atoms with van der Waals surface area (Å²) in [6.45, 7) is 2.07. The lowest BCUT2D eigenvalue weighted by Crippen LogP contribution is -1.96. The SMILES string of the molecule is Cc1ccc(Nc2nc3ccncc3c3nn4ccncc4c23)cc1. The summed E-state index contributed by atoms with van der Waals surface area (Å²) in [4.78, 5) is 13.3. The number of rotatable bonds is 2. The molecule has 1 N–H and O–H groups in total. The van der Waals surface area contributed by atoms with E-state index in [0.717, 1.165) is 38.8 Å². The third-order valence-electron chi connectivity index (χ3n) is 4.27. The molecule has 0 bridgehead atoms. The fourth-order valence-electron chi connectivity index (χ4n) is 3.03. The average Bonchev–Trinajstić information content (AvgIpc) is 3.04. The highest BCUT2D eigenvalue weighted by atomic mass is 15.2. The number of aromatic nitrogens is 5. The van der Waals surface area contributed by atoms with Crippen molar-refractivity contribution in [1.29, 1.82) is 0 Å². The van der Waals surface area contributed by atoms with Crippen molar-refractivity contribution in [2.75, 3.05) is 5.32 Å². The van der Waals surface area contributed by atoms with Gasteiger partial charge in [0.05, 0.1) is 22.6 Å². The van der Waals surface area contributed by atoms with Gasteiger partial charge >= 0.3 is 0 Å². The van der Waals surface area contributed by atoms with E-state index in [-0.39, 0.29) is 0 Å². The summed E-state index contributed by atoms with van der Waals surface area (Å²) in [7, 11) is 0. The van der Waals surface area contributed by atoms with E-state index < -0.39 is 0 Å². The highest BCUT2D eigenvalue weighted by Crippen LogP contribution is 2.32. The van der Waals surface area contributed by atoms with Crippen LogP contribution in [0.15, 0.2) is 61.3 Å². The quantitative estimate of drug-likeness (QED) is 0.533. The third kappa shape index (κ3) is 2.19. The van der Waals surface area contributed by atoms with Gasteiger partial charge in [0.2, 0.25) is 0 Å². The second-order valence-electron chi connectivity index (χ2n) is 5.97. The molecule has 120 valence electrons. The van der Waals surface area contributed by atoms with Gasteiger partial charge < -0.3 is 5.32 Å². The van der Waals surface area contributed by atoms with E-state index >= 15 is 0 Å². The second-order valence-corrected chi connectivity index (χ2v) is 5.97. The first-order valence-corrected chi connectivity index (χ1v) is 7.99. The van der Waals surface area contributed by atoms with Crippen LogP contribution in [0.1, 0.15) is 5.56 Å². The normalized spacial score (nSPS) is 11.4. The largest absolute Gasteiger partial charge is 0.340 e. The first-order valence-electron chi connectivity index (χ1n) is 7.99. The molecule has 0 aliphatic heterocycles. The molecule has 5 rings (SSSR count). The Morgan fingerprint density at radius 3 is 2.68 bits per heavy atom. The molecule has 6 heteroatoms. The predicted octanol–water partition coefficient (Wildman–Crippen LogP) is 3.88. The van der Waals surface area contributed by atoms with Gasteiger partial charge in [-0.2, -0.15) is 5.10 Å². The molecular weight excluding hydrogens is 312 g/mol. The van der Waals surface area contributed by atoms with E-state index in [1.165, 1.54) is 5.56 Å². The van der Waals surface area contributed by atoms with Crippen molar-refractivity contribution >= 4 is 38.8 Å². The van der Waals surface area contributed by atoms with Crippen LogP contribution in [-0.4, -0.2) is 24.6 Å². The van der Waals surface area contributed by atoms with Crippen LogP contribution in [-0.2, 0) is 0 Å². The number of nitrogens with zero attached hydrogens (tertiary/aromatic N) is 5. The second kappa shape index (κ2) is 5.24. The Morgan fingerprint density at radius 2 is 1.80 bits per heavy atom. The molecule has 0 fully saturated rings. The molecule has 0 saturated carbocycles. The number of fused-ring (bicyclic) bond motifs is 5. The predicted molar refractivity (Wildman–Crippen MR) is 98.1 cm³/mol. The molecule has 0 spiro atoms. The molecule has 0 aliphatic carbocycles. The minimum absolute atomic E-state index is 0.764. The monoisotopic (exact) mass is 326 g/mol. The first kappa shape index (κ1) is 13.9. The molecule has 6 nitrogen and oxygen atoms in total. The summed E-state index contributed by atoms with van der Waals surface area (Å²) in [5, 5.41) is 10.0. The van der Waals surface area contributed by atoms with Crippen LogP contribution in [0.5, 0.6) is 0 Å². The van der Waals surface area contributed by atoms with E-state index in [4.69, 9.17) is 10.1 Å². The highest BCUT2D eigenvalue weighted by molar-refractivity contribution is 6.14.